The molecular weight excluding hydrogens is 388 g/mol. The summed E-state index contributed by atoms with van der Waals surface area (Å²) in [5, 5.41) is 16.9. The van der Waals surface area contributed by atoms with Crippen LogP contribution in [-0.4, -0.2) is 11.9 Å². The van der Waals surface area contributed by atoms with Crippen molar-refractivity contribution in [2.45, 2.75) is 0 Å². The van der Waals surface area contributed by atoms with Crippen LogP contribution in [0.2, 0.25) is 0 Å². The fourth-order valence-electron chi connectivity index (χ4n) is 2.33. The SMILES string of the molecule is N#COc1ccc(C(=O)Oc2ccc(OC(=O)c3ccc(OC#N)cc3)cc2)cc1. The second kappa shape index (κ2) is 9.40. The van der Waals surface area contributed by atoms with E-state index in [1.165, 1.54) is 85.3 Å². The third kappa shape index (κ3) is 5.12. The van der Waals surface area contributed by atoms with Gasteiger partial charge < -0.3 is 18.9 Å². The van der Waals surface area contributed by atoms with Gasteiger partial charge in [-0.15, -0.1) is 10.5 Å². The Kier molecular flexibility index (Phi) is 6.24. The van der Waals surface area contributed by atoms with Crippen LogP contribution < -0.4 is 18.9 Å². The van der Waals surface area contributed by atoms with E-state index in [4.69, 9.17) is 20.0 Å². The lowest BCUT2D eigenvalue weighted by atomic mass is 10.2. The van der Waals surface area contributed by atoms with E-state index in [0.717, 1.165) is 0 Å². The number of hydrogen-bond donors (Lipinski definition) is 0. The summed E-state index contributed by atoms with van der Waals surface area (Å²) in [6, 6.07) is 17.7. The monoisotopic (exact) mass is 400 g/mol. The summed E-state index contributed by atoms with van der Waals surface area (Å²) in [4.78, 5) is 24.3. The van der Waals surface area contributed by atoms with Gasteiger partial charge in [0.1, 0.15) is 23.0 Å². The van der Waals surface area contributed by atoms with Crippen molar-refractivity contribution in [1.29, 1.82) is 10.5 Å². The third-order valence-corrected chi connectivity index (χ3v) is 3.75. The van der Waals surface area contributed by atoms with Crippen LogP contribution in [0.25, 0.3) is 0 Å². The number of hydrogen-bond acceptors (Lipinski definition) is 8. The smallest absolute Gasteiger partial charge is 0.343 e. The molecule has 0 radical (unpaired) electrons. The minimum atomic E-state index is -0.595. The van der Waals surface area contributed by atoms with Crippen LogP contribution in [0, 0.1) is 23.0 Å². The molecule has 0 unspecified atom stereocenters. The predicted molar refractivity (Wildman–Crippen MR) is 102 cm³/mol. The topological polar surface area (TPSA) is 119 Å². The average Bonchev–Trinajstić information content (AvgIpc) is 2.76. The van der Waals surface area contributed by atoms with Crippen molar-refractivity contribution in [3.05, 3.63) is 83.9 Å². The van der Waals surface area contributed by atoms with E-state index >= 15 is 0 Å². The fourth-order valence-corrected chi connectivity index (χ4v) is 2.33. The molecule has 3 rings (SSSR count). The first-order chi connectivity index (χ1) is 14.6. The first kappa shape index (κ1) is 19.9. The van der Waals surface area contributed by atoms with Gasteiger partial charge in [-0.1, -0.05) is 0 Å². The van der Waals surface area contributed by atoms with Crippen molar-refractivity contribution in [3.63, 3.8) is 0 Å². The van der Waals surface area contributed by atoms with Crippen molar-refractivity contribution in [2.24, 2.45) is 0 Å². The number of benzene rings is 3. The normalized spacial score (nSPS) is 9.53. The summed E-state index contributed by atoms with van der Waals surface area (Å²) in [5.74, 6) is -0.0453. The van der Waals surface area contributed by atoms with Crippen LogP contribution in [0.4, 0.5) is 0 Å². The molecule has 0 aliphatic carbocycles. The Balaban J connectivity index is 1.59. The lowest BCUT2D eigenvalue weighted by Gasteiger charge is -2.07. The lowest BCUT2D eigenvalue weighted by Crippen LogP contribution is -2.09. The highest BCUT2D eigenvalue weighted by Crippen LogP contribution is 2.21. The third-order valence-electron chi connectivity index (χ3n) is 3.75. The molecule has 0 atom stereocenters. The van der Waals surface area contributed by atoms with E-state index in [-0.39, 0.29) is 22.6 Å². The number of nitriles is 2. The molecular formula is C22H12N2O6. The zero-order valence-corrected chi connectivity index (χ0v) is 15.3. The van der Waals surface area contributed by atoms with Gasteiger partial charge in [0, 0.05) is 0 Å². The second-order valence-corrected chi connectivity index (χ2v) is 5.69. The number of nitrogens with zero attached hydrogens (tertiary/aromatic N) is 2. The maximum Gasteiger partial charge on any atom is 0.343 e. The summed E-state index contributed by atoms with van der Waals surface area (Å²) in [6.45, 7) is 0. The number of rotatable bonds is 6. The molecule has 30 heavy (non-hydrogen) atoms. The van der Waals surface area contributed by atoms with Crippen LogP contribution >= 0.6 is 0 Å². The number of esters is 2. The van der Waals surface area contributed by atoms with Crippen LogP contribution in [0.15, 0.2) is 72.8 Å². The van der Waals surface area contributed by atoms with Crippen molar-refractivity contribution in [3.8, 4) is 35.5 Å². The van der Waals surface area contributed by atoms with Crippen LogP contribution in [0.1, 0.15) is 20.7 Å². The summed E-state index contributed by atoms with van der Waals surface area (Å²) >= 11 is 0. The van der Waals surface area contributed by atoms with E-state index in [0.29, 0.717) is 11.5 Å². The quantitative estimate of drug-likeness (QED) is 0.348. The van der Waals surface area contributed by atoms with Gasteiger partial charge in [-0.2, -0.15) is 0 Å². The molecule has 0 amide bonds. The van der Waals surface area contributed by atoms with E-state index in [9.17, 15) is 9.59 Å². The van der Waals surface area contributed by atoms with Crippen molar-refractivity contribution in [2.75, 3.05) is 0 Å². The van der Waals surface area contributed by atoms with Gasteiger partial charge in [-0.05, 0) is 72.8 Å². The summed E-state index contributed by atoms with van der Waals surface area (Å²) in [6.07, 6.45) is 3.08. The van der Waals surface area contributed by atoms with Crippen LogP contribution in [-0.2, 0) is 0 Å². The summed E-state index contributed by atoms with van der Waals surface area (Å²) in [7, 11) is 0. The number of carbonyl (C=O) groups excluding carboxylic acids is 2. The summed E-state index contributed by atoms with van der Waals surface area (Å²) < 4.78 is 19.8. The summed E-state index contributed by atoms with van der Waals surface area (Å²) in [5.41, 5.74) is 0.555. The van der Waals surface area contributed by atoms with Crippen LogP contribution in [0.5, 0.6) is 23.0 Å². The maximum atomic E-state index is 12.2. The Hall–Kier alpha value is -4.82. The molecule has 0 N–H and O–H groups in total. The lowest BCUT2D eigenvalue weighted by molar-refractivity contribution is 0.0719. The maximum absolute atomic E-state index is 12.2. The van der Waals surface area contributed by atoms with Gasteiger partial charge >= 0.3 is 11.9 Å². The molecule has 3 aromatic carbocycles. The minimum absolute atomic E-state index is 0.259. The Morgan fingerprint density at radius 3 is 1.13 bits per heavy atom. The largest absolute Gasteiger partial charge is 0.423 e. The molecule has 0 fully saturated rings. The highest BCUT2D eigenvalue weighted by atomic mass is 16.5. The van der Waals surface area contributed by atoms with Gasteiger partial charge in [0.25, 0.3) is 12.5 Å². The van der Waals surface area contributed by atoms with Gasteiger partial charge in [-0.25, -0.2) is 9.59 Å². The zero-order valence-electron chi connectivity index (χ0n) is 15.3. The second-order valence-electron chi connectivity index (χ2n) is 5.69. The molecule has 0 bridgehead atoms. The van der Waals surface area contributed by atoms with E-state index in [2.05, 4.69) is 9.47 Å². The molecule has 0 aliphatic rings. The molecule has 0 spiro atoms. The van der Waals surface area contributed by atoms with Crippen LogP contribution in [0.3, 0.4) is 0 Å². The zero-order chi connectivity index (χ0) is 21.3. The highest BCUT2D eigenvalue weighted by Gasteiger charge is 2.11. The first-order valence-electron chi connectivity index (χ1n) is 8.45. The van der Waals surface area contributed by atoms with Gasteiger partial charge in [0.2, 0.25) is 0 Å². The van der Waals surface area contributed by atoms with Gasteiger partial charge in [0.05, 0.1) is 11.1 Å². The molecule has 146 valence electrons. The highest BCUT2D eigenvalue weighted by molar-refractivity contribution is 5.92. The molecule has 3 aromatic rings. The Bertz CT molecular complexity index is 1030. The van der Waals surface area contributed by atoms with Gasteiger partial charge in [0.15, 0.2) is 0 Å². The van der Waals surface area contributed by atoms with Crippen molar-refractivity contribution < 1.29 is 28.5 Å². The Morgan fingerprint density at radius 2 is 0.833 bits per heavy atom. The van der Waals surface area contributed by atoms with Gasteiger partial charge in [-0.3, -0.25) is 0 Å². The molecule has 8 heteroatoms. The van der Waals surface area contributed by atoms with E-state index < -0.39 is 11.9 Å². The molecule has 0 saturated carbocycles. The minimum Gasteiger partial charge on any atom is -0.423 e. The van der Waals surface area contributed by atoms with E-state index in [1.807, 2.05) is 0 Å². The molecule has 0 heterocycles. The number of ether oxygens (including phenoxy) is 4. The molecule has 0 aromatic heterocycles. The first-order valence-corrected chi connectivity index (χ1v) is 8.45. The fraction of sp³-hybridized carbons (Fsp3) is 0. The van der Waals surface area contributed by atoms with Crippen molar-refractivity contribution >= 4 is 11.9 Å². The number of carbonyl (C=O) groups is 2. The molecule has 0 saturated heterocycles. The molecule has 0 aliphatic heterocycles. The van der Waals surface area contributed by atoms with E-state index in [1.54, 1.807) is 0 Å². The average molecular weight is 400 g/mol. The predicted octanol–water partition coefficient (Wildman–Crippen LogP) is 3.84. The van der Waals surface area contributed by atoms with Crippen molar-refractivity contribution in [1.82, 2.24) is 0 Å². The Morgan fingerprint density at radius 1 is 0.533 bits per heavy atom. The standard InChI is InChI=1S/C22H12N2O6/c23-13-27-17-5-1-15(2-6-17)21(25)29-19-9-11-20(12-10-19)30-22(26)16-3-7-18(8-4-16)28-14-24/h1-12H. The Labute approximate surface area is 171 Å². The molecule has 8 nitrogen and oxygen atoms in total.